The van der Waals surface area contributed by atoms with Gasteiger partial charge in [0.2, 0.25) is 0 Å². The van der Waals surface area contributed by atoms with Crippen LogP contribution in [0, 0.1) is 5.41 Å². The van der Waals surface area contributed by atoms with Gasteiger partial charge in [-0.1, -0.05) is 13.8 Å². The molecule has 0 unspecified atom stereocenters. The maximum atomic E-state index is 7.37. The average molecular weight is 203 g/mol. The highest BCUT2D eigenvalue weighted by atomic mass is 15.3. The third-order valence-corrected chi connectivity index (χ3v) is 2.81. The van der Waals surface area contributed by atoms with Crippen molar-refractivity contribution in [3.8, 4) is 0 Å². The third-order valence-electron chi connectivity index (χ3n) is 2.81. The first-order valence-corrected chi connectivity index (χ1v) is 5.12. The second-order valence-electron chi connectivity index (χ2n) is 4.92. The molecule has 78 valence electrons. The van der Waals surface area contributed by atoms with E-state index in [0.717, 1.165) is 24.4 Å². The van der Waals surface area contributed by atoms with E-state index in [1.165, 1.54) is 0 Å². The minimum atomic E-state index is 0.0705. The summed E-state index contributed by atoms with van der Waals surface area (Å²) in [4.78, 5) is 6.30. The van der Waals surface area contributed by atoms with Crippen LogP contribution in [0.3, 0.4) is 0 Å². The van der Waals surface area contributed by atoms with Gasteiger partial charge >= 0.3 is 0 Å². The number of rotatable bonds is 1. The lowest BCUT2D eigenvalue weighted by Gasteiger charge is -2.47. The predicted molar refractivity (Wildman–Crippen MR) is 59.0 cm³/mol. The third kappa shape index (κ3) is 1.37. The molecule has 2 aromatic heterocycles. The van der Waals surface area contributed by atoms with E-state index < -0.39 is 0 Å². The zero-order valence-corrected chi connectivity index (χ0v) is 8.94. The second kappa shape index (κ2) is 2.72. The number of pyridine rings is 1. The fourth-order valence-corrected chi connectivity index (χ4v) is 2.12. The van der Waals surface area contributed by atoms with Crippen LogP contribution in [0.15, 0.2) is 24.6 Å². The Morgan fingerprint density at radius 3 is 2.93 bits per heavy atom. The van der Waals surface area contributed by atoms with Gasteiger partial charge in [-0.2, -0.15) is 5.10 Å². The van der Waals surface area contributed by atoms with Crippen LogP contribution in [0.1, 0.15) is 15.2 Å². The maximum Gasteiger partial charge on any atom is 0.155 e. The van der Waals surface area contributed by atoms with Crippen molar-refractivity contribution in [2.45, 2.75) is 13.8 Å². The molecule has 0 atom stereocenters. The van der Waals surface area contributed by atoms with Crippen molar-refractivity contribution in [3.63, 3.8) is 0 Å². The van der Waals surface area contributed by atoms with E-state index in [-0.39, 0.29) is 6.30 Å². The molecular formula is C11H14N4. The lowest BCUT2D eigenvalue weighted by atomic mass is 9.84. The molecule has 0 spiro atoms. The molecule has 2 aromatic rings. The molecule has 0 bridgehead atoms. The SMILES string of the molecule is [2H]c1nc2ccc(N3CC(C)(C)C3)cn2n1. The smallest absolute Gasteiger partial charge is 0.155 e. The van der Waals surface area contributed by atoms with E-state index in [2.05, 4.69) is 28.8 Å². The summed E-state index contributed by atoms with van der Waals surface area (Å²) in [7, 11) is 0. The van der Waals surface area contributed by atoms with E-state index >= 15 is 0 Å². The monoisotopic (exact) mass is 203 g/mol. The molecular weight excluding hydrogens is 188 g/mol. The molecule has 15 heavy (non-hydrogen) atoms. The van der Waals surface area contributed by atoms with Gasteiger partial charge in [0.05, 0.1) is 11.9 Å². The largest absolute Gasteiger partial charge is 0.369 e. The van der Waals surface area contributed by atoms with Crippen LogP contribution in [0.5, 0.6) is 0 Å². The summed E-state index contributed by atoms with van der Waals surface area (Å²) >= 11 is 0. The van der Waals surface area contributed by atoms with Crippen LogP contribution < -0.4 is 4.90 Å². The van der Waals surface area contributed by atoms with Crippen LogP contribution >= 0.6 is 0 Å². The van der Waals surface area contributed by atoms with Gasteiger partial charge in [-0.25, -0.2) is 9.50 Å². The fraction of sp³-hybridized carbons (Fsp3) is 0.455. The fourth-order valence-electron chi connectivity index (χ4n) is 2.12. The Morgan fingerprint density at radius 1 is 1.40 bits per heavy atom. The van der Waals surface area contributed by atoms with Gasteiger partial charge < -0.3 is 4.90 Å². The van der Waals surface area contributed by atoms with Crippen molar-refractivity contribution < 1.29 is 1.37 Å². The summed E-state index contributed by atoms with van der Waals surface area (Å²) in [5.74, 6) is 0. The number of fused-ring (bicyclic) bond motifs is 1. The average Bonchev–Trinajstić information content (AvgIpc) is 2.52. The highest BCUT2D eigenvalue weighted by molar-refractivity contribution is 5.53. The zero-order valence-electron chi connectivity index (χ0n) is 9.94. The molecule has 3 rings (SSSR count). The molecule has 1 saturated heterocycles. The normalized spacial score (nSPS) is 20.1. The topological polar surface area (TPSA) is 33.4 Å². The molecule has 0 aliphatic carbocycles. The van der Waals surface area contributed by atoms with Crippen LogP contribution in [0.2, 0.25) is 0 Å². The van der Waals surface area contributed by atoms with Crippen LogP contribution in [0.4, 0.5) is 5.69 Å². The van der Waals surface area contributed by atoms with Gasteiger partial charge in [-0.15, -0.1) is 0 Å². The van der Waals surface area contributed by atoms with Gasteiger partial charge in [-0.3, -0.25) is 0 Å². The quantitative estimate of drug-likeness (QED) is 0.705. The number of hydrogen-bond donors (Lipinski definition) is 0. The molecule has 0 aromatic carbocycles. The Hall–Kier alpha value is -1.58. The molecule has 1 aliphatic rings. The lowest BCUT2D eigenvalue weighted by molar-refractivity contribution is 0.276. The van der Waals surface area contributed by atoms with E-state index in [0.29, 0.717) is 5.41 Å². The van der Waals surface area contributed by atoms with Crippen LogP contribution in [-0.2, 0) is 0 Å². The molecule has 0 amide bonds. The molecule has 4 nitrogen and oxygen atoms in total. The van der Waals surface area contributed by atoms with Gasteiger partial charge in [0.1, 0.15) is 7.67 Å². The Morgan fingerprint density at radius 2 is 2.20 bits per heavy atom. The highest BCUT2D eigenvalue weighted by Crippen LogP contribution is 2.33. The van der Waals surface area contributed by atoms with Crippen molar-refractivity contribution in [1.29, 1.82) is 0 Å². The number of hydrogen-bond acceptors (Lipinski definition) is 3. The lowest BCUT2D eigenvalue weighted by Crippen LogP contribution is -2.53. The van der Waals surface area contributed by atoms with E-state index in [9.17, 15) is 0 Å². The highest BCUT2D eigenvalue weighted by Gasteiger charge is 2.34. The Balaban J connectivity index is 1.94. The summed E-state index contributed by atoms with van der Waals surface area (Å²) in [6, 6.07) is 3.95. The van der Waals surface area contributed by atoms with Crippen molar-refractivity contribution >= 4 is 11.3 Å². The van der Waals surface area contributed by atoms with Crippen molar-refractivity contribution in [2.24, 2.45) is 5.41 Å². The maximum absolute atomic E-state index is 7.37. The molecule has 1 fully saturated rings. The van der Waals surface area contributed by atoms with Gasteiger partial charge in [-0.05, 0) is 17.5 Å². The van der Waals surface area contributed by atoms with Gasteiger partial charge in [0, 0.05) is 13.1 Å². The minimum absolute atomic E-state index is 0.0705. The summed E-state index contributed by atoms with van der Waals surface area (Å²) in [6.45, 7) is 6.67. The molecule has 4 heteroatoms. The molecule has 3 heterocycles. The Labute approximate surface area is 89.9 Å². The summed E-state index contributed by atoms with van der Waals surface area (Å²) in [6.07, 6.45) is 2.01. The summed E-state index contributed by atoms with van der Waals surface area (Å²) < 4.78 is 9.04. The molecule has 0 saturated carbocycles. The van der Waals surface area contributed by atoms with Crippen molar-refractivity contribution in [2.75, 3.05) is 18.0 Å². The van der Waals surface area contributed by atoms with Crippen molar-refractivity contribution in [1.82, 2.24) is 14.6 Å². The van der Waals surface area contributed by atoms with Crippen LogP contribution in [-0.4, -0.2) is 27.7 Å². The molecule has 1 aliphatic heterocycles. The second-order valence-corrected chi connectivity index (χ2v) is 4.92. The van der Waals surface area contributed by atoms with Crippen molar-refractivity contribution in [3.05, 3.63) is 24.6 Å². The number of nitrogens with zero attached hydrogens (tertiary/aromatic N) is 4. The first-order chi connectivity index (χ1) is 7.53. The van der Waals surface area contributed by atoms with Gasteiger partial charge in [0.15, 0.2) is 5.65 Å². The molecule has 0 radical (unpaired) electrons. The zero-order chi connectivity index (χ0) is 11.3. The molecule has 0 N–H and O–H groups in total. The van der Waals surface area contributed by atoms with E-state index in [4.69, 9.17) is 1.37 Å². The first-order valence-electron chi connectivity index (χ1n) is 5.62. The summed E-state index contributed by atoms with van der Waals surface area (Å²) in [5, 5.41) is 4.00. The predicted octanol–water partition coefficient (Wildman–Crippen LogP) is 1.58. The van der Waals surface area contributed by atoms with Crippen LogP contribution in [0.25, 0.3) is 5.65 Å². The van der Waals surface area contributed by atoms with E-state index in [1.54, 1.807) is 4.52 Å². The number of aromatic nitrogens is 3. The van der Waals surface area contributed by atoms with Gasteiger partial charge in [0.25, 0.3) is 0 Å². The van der Waals surface area contributed by atoms with E-state index in [1.807, 2.05) is 18.3 Å². The minimum Gasteiger partial charge on any atom is -0.369 e. The standard InChI is InChI=1S/C11H14N4/c1-11(2)6-14(7-11)9-3-4-10-12-8-13-15(10)5-9/h3-5,8H,6-7H2,1-2H3/i8D. The first kappa shape index (κ1) is 7.68. The summed E-state index contributed by atoms with van der Waals surface area (Å²) in [5.41, 5.74) is 2.29. The Bertz CT molecular complexity index is 538. The number of anilines is 1. The Kier molecular flexibility index (Phi) is 1.39.